The first-order valence-electron chi connectivity index (χ1n) is 5.32. The van der Waals surface area contributed by atoms with Crippen LogP contribution >= 0.6 is 23.2 Å². The Balaban J connectivity index is 2.44. The molecule has 2 aromatic rings. The fraction of sp³-hybridized carbons (Fsp3) is 0. The molecule has 0 aliphatic rings. The minimum atomic E-state index is -3.92. The smallest absolute Gasteiger partial charge is 0.240 e. The molecule has 0 saturated carbocycles. The number of rotatable bonds is 3. The van der Waals surface area contributed by atoms with Crippen LogP contribution in [0.1, 0.15) is 0 Å². The third kappa shape index (κ3) is 3.34. The van der Waals surface area contributed by atoms with Crippen LogP contribution in [0.3, 0.4) is 0 Å². The van der Waals surface area contributed by atoms with Crippen molar-refractivity contribution in [2.75, 3.05) is 5.73 Å². The molecule has 0 aromatic heterocycles. The maximum absolute atomic E-state index is 11.4. The summed E-state index contributed by atoms with van der Waals surface area (Å²) >= 11 is 11.7. The first kappa shape index (κ1) is 14.9. The van der Waals surface area contributed by atoms with E-state index in [9.17, 15) is 8.42 Å². The van der Waals surface area contributed by atoms with Gasteiger partial charge in [0.2, 0.25) is 10.0 Å². The maximum atomic E-state index is 11.4. The van der Waals surface area contributed by atoms with Gasteiger partial charge >= 0.3 is 0 Å². The number of benzene rings is 2. The molecule has 0 fully saturated rings. The summed E-state index contributed by atoms with van der Waals surface area (Å²) in [5.74, 6) is 0.482. The summed E-state index contributed by atoms with van der Waals surface area (Å²) in [5.41, 5.74) is 5.67. The lowest BCUT2D eigenvalue weighted by Crippen LogP contribution is -2.14. The number of para-hydroxylation sites is 1. The van der Waals surface area contributed by atoms with Gasteiger partial charge in [-0.05, 0) is 30.3 Å². The zero-order chi connectivity index (χ0) is 14.9. The Kier molecular flexibility index (Phi) is 4.10. The standard InChI is InChI=1S/C12H10Cl2N2O3S/c13-7-4-8(14)6-9(5-7)19-10-2-1-3-11(12(10)15)20(16,17)18/h1-6H,15H2,(H2,16,17,18). The van der Waals surface area contributed by atoms with Crippen molar-refractivity contribution in [3.63, 3.8) is 0 Å². The van der Waals surface area contributed by atoms with Gasteiger partial charge in [0.15, 0.2) is 5.75 Å². The van der Waals surface area contributed by atoms with E-state index in [0.717, 1.165) is 0 Å². The molecule has 0 bridgehead atoms. The minimum absolute atomic E-state index is 0.0777. The number of nitrogen functional groups attached to an aromatic ring is 1. The summed E-state index contributed by atoms with van der Waals surface area (Å²) in [4.78, 5) is -0.205. The van der Waals surface area contributed by atoms with Crippen molar-refractivity contribution in [3.8, 4) is 11.5 Å². The van der Waals surface area contributed by atoms with Gasteiger partial charge in [-0.2, -0.15) is 0 Å². The molecule has 5 nitrogen and oxygen atoms in total. The normalized spacial score (nSPS) is 11.3. The quantitative estimate of drug-likeness (QED) is 0.844. The van der Waals surface area contributed by atoms with Gasteiger partial charge in [-0.25, -0.2) is 13.6 Å². The van der Waals surface area contributed by atoms with E-state index in [2.05, 4.69) is 0 Å². The Labute approximate surface area is 126 Å². The van der Waals surface area contributed by atoms with E-state index in [1.807, 2.05) is 0 Å². The van der Waals surface area contributed by atoms with Crippen molar-refractivity contribution >= 4 is 38.9 Å². The number of anilines is 1. The predicted octanol–water partition coefficient (Wildman–Crippen LogP) is 3.02. The Morgan fingerprint density at radius 1 is 1.05 bits per heavy atom. The number of sulfonamides is 1. The van der Waals surface area contributed by atoms with Crippen LogP contribution in [-0.2, 0) is 10.0 Å². The molecular formula is C12H10Cl2N2O3S. The molecule has 0 amide bonds. The molecule has 0 atom stereocenters. The fourth-order valence-corrected chi connectivity index (χ4v) is 2.76. The van der Waals surface area contributed by atoms with Crippen molar-refractivity contribution in [2.45, 2.75) is 4.90 Å². The fourth-order valence-electron chi connectivity index (χ4n) is 1.58. The lowest BCUT2D eigenvalue weighted by molar-refractivity contribution is 0.483. The first-order chi connectivity index (χ1) is 9.27. The van der Waals surface area contributed by atoms with Crippen molar-refractivity contribution in [3.05, 3.63) is 46.4 Å². The van der Waals surface area contributed by atoms with Crippen molar-refractivity contribution in [1.29, 1.82) is 0 Å². The molecule has 0 aliphatic carbocycles. The van der Waals surface area contributed by atoms with Gasteiger partial charge in [-0.3, -0.25) is 0 Å². The number of hydrogen-bond acceptors (Lipinski definition) is 4. The second kappa shape index (κ2) is 5.49. The van der Waals surface area contributed by atoms with Crippen LogP contribution in [0.4, 0.5) is 5.69 Å². The van der Waals surface area contributed by atoms with E-state index in [1.165, 1.54) is 30.3 Å². The van der Waals surface area contributed by atoms with Gasteiger partial charge in [0.25, 0.3) is 0 Å². The molecule has 0 heterocycles. The van der Waals surface area contributed by atoms with E-state index in [-0.39, 0.29) is 16.3 Å². The topological polar surface area (TPSA) is 95.4 Å². The van der Waals surface area contributed by atoms with Crippen molar-refractivity contribution in [1.82, 2.24) is 0 Å². The summed E-state index contributed by atoms with van der Waals surface area (Å²) in [6.07, 6.45) is 0. The number of halogens is 2. The Hall–Kier alpha value is -1.47. The molecule has 0 spiro atoms. The van der Waals surface area contributed by atoms with Gasteiger partial charge in [0.1, 0.15) is 10.6 Å². The Morgan fingerprint density at radius 2 is 1.65 bits per heavy atom. The molecule has 8 heteroatoms. The molecule has 0 saturated heterocycles. The number of primary sulfonamides is 1. The van der Waals surface area contributed by atoms with E-state index >= 15 is 0 Å². The lowest BCUT2D eigenvalue weighted by Gasteiger charge is -2.11. The third-order valence-corrected chi connectivity index (χ3v) is 3.80. The summed E-state index contributed by atoms with van der Waals surface area (Å²) in [5, 5.41) is 5.83. The molecule has 106 valence electrons. The van der Waals surface area contributed by atoms with Crippen LogP contribution in [0.25, 0.3) is 0 Å². The first-order valence-corrected chi connectivity index (χ1v) is 7.63. The van der Waals surface area contributed by atoms with E-state index in [1.54, 1.807) is 6.07 Å². The van der Waals surface area contributed by atoms with E-state index in [4.69, 9.17) is 38.8 Å². The number of nitrogens with two attached hydrogens (primary N) is 2. The maximum Gasteiger partial charge on any atom is 0.240 e. The average Bonchev–Trinajstić information content (AvgIpc) is 2.29. The van der Waals surface area contributed by atoms with Crippen LogP contribution < -0.4 is 15.6 Å². The van der Waals surface area contributed by atoms with Crippen molar-refractivity contribution in [2.24, 2.45) is 5.14 Å². The van der Waals surface area contributed by atoms with Gasteiger partial charge in [0.05, 0.1) is 5.69 Å². The molecule has 4 N–H and O–H groups in total. The number of hydrogen-bond donors (Lipinski definition) is 2. The minimum Gasteiger partial charge on any atom is -0.455 e. The van der Waals surface area contributed by atoms with Gasteiger partial charge in [0, 0.05) is 10.0 Å². The third-order valence-electron chi connectivity index (χ3n) is 2.40. The van der Waals surface area contributed by atoms with E-state index < -0.39 is 10.0 Å². The highest BCUT2D eigenvalue weighted by molar-refractivity contribution is 7.89. The van der Waals surface area contributed by atoms with Crippen LogP contribution in [0.15, 0.2) is 41.3 Å². The van der Waals surface area contributed by atoms with Crippen LogP contribution in [0, 0.1) is 0 Å². The summed E-state index contributed by atoms with van der Waals surface area (Å²) in [6.45, 7) is 0. The second-order valence-corrected chi connectivity index (χ2v) is 6.32. The zero-order valence-electron chi connectivity index (χ0n) is 10.0. The molecule has 0 unspecified atom stereocenters. The Morgan fingerprint density at radius 3 is 2.20 bits per heavy atom. The second-order valence-electron chi connectivity index (χ2n) is 3.92. The molecule has 2 aromatic carbocycles. The molecule has 0 aliphatic heterocycles. The lowest BCUT2D eigenvalue weighted by atomic mass is 10.3. The summed E-state index contributed by atoms with van der Waals surface area (Å²) in [7, 11) is -3.92. The average molecular weight is 333 g/mol. The monoisotopic (exact) mass is 332 g/mol. The largest absolute Gasteiger partial charge is 0.455 e. The summed E-state index contributed by atoms with van der Waals surface area (Å²) in [6, 6.07) is 8.87. The van der Waals surface area contributed by atoms with Crippen LogP contribution in [0.5, 0.6) is 11.5 Å². The van der Waals surface area contributed by atoms with E-state index in [0.29, 0.717) is 15.8 Å². The van der Waals surface area contributed by atoms with Crippen LogP contribution in [0.2, 0.25) is 10.0 Å². The van der Waals surface area contributed by atoms with Crippen LogP contribution in [-0.4, -0.2) is 8.42 Å². The molecule has 2 rings (SSSR count). The SMILES string of the molecule is Nc1c(Oc2cc(Cl)cc(Cl)c2)cccc1S(N)(=O)=O. The Bertz CT molecular complexity index is 743. The van der Waals surface area contributed by atoms with Crippen molar-refractivity contribution < 1.29 is 13.2 Å². The molecule has 20 heavy (non-hydrogen) atoms. The molecular weight excluding hydrogens is 323 g/mol. The highest BCUT2D eigenvalue weighted by Crippen LogP contribution is 2.34. The highest BCUT2D eigenvalue weighted by Gasteiger charge is 2.16. The highest BCUT2D eigenvalue weighted by atomic mass is 35.5. The zero-order valence-corrected chi connectivity index (χ0v) is 12.3. The van der Waals surface area contributed by atoms with Gasteiger partial charge in [-0.1, -0.05) is 29.3 Å². The van der Waals surface area contributed by atoms with Gasteiger partial charge in [-0.15, -0.1) is 0 Å². The predicted molar refractivity (Wildman–Crippen MR) is 78.8 cm³/mol. The van der Waals surface area contributed by atoms with Gasteiger partial charge < -0.3 is 10.5 Å². The number of ether oxygens (including phenoxy) is 1. The molecule has 0 radical (unpaired) electrons. The summed E-state index contributed by atoms with van der Waals surface area (Å²) < 4.78 is 28.2.